The van der Waals surface area contributed by atoms with Crippen molar-refractivity contribution in [1.29, 1.82) is 0 Å². The summed E-state index contributed by atoms with van der Waals surface area (Å²) < 4.78 is 27.1. The first-order valence-corrected chi connectivity index (χ1v) is 11.7. The molecule has 1 aliphatic heterocycles. The first kappa shape index (κ1) is 24.2. The number of anilines is 1. The van der Waals surface area contributed by atoms with Crippen LogP contribution in [0.5, 0.6) is 0 Å². The summed E-state index contributed by atoms with van der Waals surface area (Å²) in [6.45, 7) is 2.51. The molecule has 11 heteroatoms. The number of hydrogen-bond donors (Lipinski definition) is 3. The molecule has 0 bridgehead atoms. The van der Waals surface area contributed by atoms with Gasteiger partial charge in [-0.25, -0.2) is 13.1 Å². The van der Waals surface area contributed by atoms with Gasteiger partial charge in [0.05, 0.1) is 0 Å². The molecule has 3 rings (SSSR count). The fraction of sp³-hybridized carbons (Fsp3) is 0.389. The lowest BCUT2D eigenvalue weighted by atomic mass is 10.3. The molecule has 1 aliphatic rings. The maximum absolute atomic E-state index is 12.1. The Morgan fingerprint density at radius 1 is 1.31 bits per heavy atom. The fourth-order valence-corrected chi connectivity index (χ4v) is 5.28. The second-order valence-electron chi connectivity index (χ2n) is 6.38. The molecule has 1 aromatic heterocycles. The van der Waals surface area contributed by atoms with Crippen LogP contribution in [0.25, 0.3) is 0 Å². The maximum atomic E-state index is 12.1. The van der Waals surface area contributed by atoms with E-state index in [1.54, 1.807) is 24.6 Å². The highest BCUT2D eigenvalue weighted by atomic mass is 127. The lowest BCUT2D eigenvalue weighted by Gasteiger charge is -2.20. The topological polar surface area (TPSA) is 85.8 Å². The number of sulfonamides is 1. The summed E-state index contributed by atoms with van der Waals surface area (Å²) in [5, 5.41) is 9.02. The van der Waals surface area contributed by atoms with E-state index in [9.17, 15) is 8.42 Å². The molecule has 0 spiro atoms. The third-order valence-corrected chi connectivity index (χ3v) is 7.49. The van der Waals surface area contributed by atoms with E-state index in [0.717, 1.165) is 30.2 Å². The van der Waals surface area contributed by atoms with Gasteiger partial charge in [-0.1, -0.05) is 23.7 Å². The molecule has 1 fully saturated rings. The first-order valence-electron chi connectivity index (χ1n) is 8.99. The molecular weight excluding hydrogens is 545 g/mol. The Balaban J connectivity index is 0.00000300. The minimum atomic E-state index is -3.43. The van der Waals surface area contributed by atoms with Gasteiger partial charge in [-0.15, -0.1) is 35.3 Å². The van der Waals surface area contributed by atoms with Crippen molar-refractivity contribution in [2.45, 2.75) is 16.7 Å². The van der Waals surface area contributed by atoms with Crippen molar-refractivity contribution >= 4 is 68.6 Å². The Hall–Kier alpha value is -1.08. The number of nitrogens with zero attached hydrogens (tertiary/aromatic N) is 2. The molecule has 1 saturated heterocycles. The molecular formula is C18H25ClIN5O2S2. The highest BCUT2D eigenvalue weighted by Crippen LogP contribution is 2.23. The maximum Gasteiger partial charge on any atom is 0.250 e. The monoisotopic (exact) mass is 569 g/mol. The summed E-state index contributed by atoms with van der Waals surface area (Å²) in [6, 6.07) is 11.4. The number of rotatable bonds is 7. The minimum absolute atomic E-state index is 0. The SMILES string of the molecule is CN=C(NCCNS(=O)(=O)c1cccs1)NC1CCN(c2cccc(Cl)c2)C1.I. The Morgan fingerprint density at radius 2 is 2.14 bits per heavy atom. The van der Waals surface area contributed by atoms with Gasteiger partial charge in [-0.2, -0.15) is 0 Å². The highest BCUT2D eigenvalue weighted by Gasteiger charge is 2.23. The van der Waals surface area contributed by atoms with E-state index in [-0.39, 0.29) is 36.6 Å². The van der Waals surface area contributed by atoms with Gasteiger partial charge in [0, 0.05) is 50.0 Å². The highest BCUT2D eigenvalue weighted by molar-refractivity contribution is 14.0. The third kappa shape index (κ3) is 6.99. The van der Waals surface area contributed by atoms with Gasteiger partial charge in [0.2, 0.25) is 10.0 Å². The van der Waals surface area contributed by atoms with Crippen molar-refractivity contribution in [2.24, 2.45) is 4.99 Å². The predicted molar refractivity (Wildman–Crippen MR) is 131 cm³/mol. The van der Waals surface area contributed by atoms with Crippen LogP contribution in [0.2, 0.25) is 5.02 Å². The van der Waals surface area contributed by atoms with E-state index in [2.05, 4.69) is 31.3 Å². The molecule has 2 heterocycles. The van der Waals surface area contributed by atoms with Crippen LogP contribution in [0, 0.1) is 0 Å². The molecule has 0 aliphatic carbocycles. The Labute approximate surface area is 198 Å². The van der Waals surface area contributed by atoms with E-state index in [1.807, 2.05) is 18.2 Å². The average molecular weight is 570 g/mol. The standard InChI is InChI=1S/C18H24ClN5O2S2.HI/c1-20-18(21-8-9-22-28(25,26)17-6-3-11-27-17)23-15-7-10-24(13-15)16-5-2-4-14(19)12-16;/h2-6,11-12,15,22H,7-10,13H2,1H3,(H2,20,21,23);1H. The zero-order valence-electron chi connectivity index (χ0n) is 16.0. The van der Waals surface area contributed by atoms with Crippen molar-refractivity contribution in [3.8, 4) is 0 Å². The molecule has 7 nitrogen and oxygen atoms in total. The van der Waals surface area contributed by atoms with Gasteiger partial charge >= 0.3 is 0 Å². The van der Waals surface area contributed by atoms with Gasteiger partial charge in [-0.3, -0.25) is 4.99 Å². The smallest absolute Gasteiger partial charge is 0.250 e. The number of halogens is 2. The quantitative estimate of drug-likeness (QED) is 0.207. The molecule has 0 amide bonds. The second kappa shape index (κ2) is 11.3. The van der Waals surface area contributed by atoms with Crippen LogP contribution in [0.3, 0.4) is 0 Å². The summed E-state index contributed by atoms with van der Waals surface area (Å²) in [7, 11) is -1.73. The summed E-state index contributed by atoms with van der Waals surface area (Å²) in [6.07, 6.45) is 0.984. The summed E-state index contributed by atoms with van der Waals surface area (Å²) >= 11 is 7.28. The molecule has 2 aromatic rings. The summed E-state index contributed by atoms with van der Waals surface area (Å²) in [5.41, 5.74) is 1.11. The molecule has 1 unspecified atom stereocenters. The average Bonchev–Trinajstić information content (AvgIpc) is 3.36. The fourth-order valence-electron chi connectivity index (χ4n) is 3.03. The zero-order chi connectivity index (χ0) is 20.0. The molecule has 29 heavy (non-hydrogen) atoms. The van der Waals surface area contributed by atoms with Crippen LogP contribution >= 0.6 is 46.9 Å². The Kier molecular flexibility index (Phi) is 9.47. The van der Waals surface area contributed by atoms with Gasteiger partial charge < -0.3 is 15.5 Å². The number of benzene rings is 1. The van der Waals surface area contributed by atoms with Gasteiger partial charge in [0.25, 0.3) is 0 Å². The molecule has 1 atom stereocenters. The van der Waals surface area contributed by atoms with Gasteiger partial charge in [0.15, 0.2) is 5.96 Å². The molecule has 0 radical (unpaired) electrons. The number of aliphatic imine (C=N–C) groups is 1. The van der Waals surface area contributed by atoms with Crippen molar-refractivity contribution in [1.82, 2.24) is 15.4 Å². The molecule has 1 aromatic carbocycles. The first-order chi connectivity index (χ1) is 13.5. The Bertz CT molecular complexity index is 909. The molecule has 160 valence electrons. The van der Waals surface area contributed by atoms with Crippen LogP contribution < -0.4 is 20.3 Å². The third-order valence-electron chi connectivity index (χ3n) is 4.40. The number of nitrogens with one attached hydrogen (secondary N) is 3. The van der Waals surface area contributed by atoms with E-state index in [1.165, 1.54) is 11.3 Å². The molecule has 3 N–H and O–H groups in total. The van der Waals surface area contributed by atoms with Crippen LogP contribution in [-0.2, 0) is 10.0 Å². The number of thiophene rings is 1. The lowest BCUT2D eigenvalue weighted by molar-refractivity contribution is 0.582. The lowest BCUT2D eigenvalue weighted by Crippen LogP contribution is -2.46. The number of guanidine groups is 1. The largest absolute Gasteiger partial charge is 0.369 e. The minimum Gasteiger partial charge on any atom is -0.369 e. The van der Waals surface area contributed by atoms with Crippen LogP contribution in [0.15, 0.2) is 51.0 Å². The van der Waals surface area contributed by atoms with Crippen molar-refractivity contribution < 1.29 is 8.42 Å². The van der Waals surface area contributed by atoms with E-state index in [4.69, 9.17) is 11.6 Å². The molecule has 0 saturated carbocycles. The van der Waals surface area contributed by atoms with E-state index >= 15 is 0 Å². The predicted octanol–water partition coefficient (Wildman–Crippen LogP) is 2.74. The Morgan fingerprint density at radius 3 is 2.83 bits per heavy atom. The van der Waals surface area contributed by atoms with Gasteiger partial charge in [-0.05, 0) is 36.1 Å². The van der Waals surface area contributed by atoms with Crippen LogP contribution in [-0.4, -0.2) is 53.6 Å². The zero-order valence-corrected chi connectivity index (χ0v) is 20.7. The van der Waals surface area contributed by atoms with Crippen molar-refractivity contribution in [3.63, 3.8) is 0 Å². The van der Waals surface area contributed by atoms with E-state index in [0.29, 0.717) is 16.7 Å². The summed E-state index contributed by atoms with van der Waals surface area (Å²) in [5.74, 6) is 0.660. The normalized spacial score (nSPS) is 17.1. The second-order valence-corrected chi connectivity index (χ2v) is 9.76. The van der Waals surface area contributed by atoms with E-state index < -0.39 is 10.0 Å². The summed E-state index contributed by atoms with van der Waals surface area (Å²) in [4.78, 5) is 6.51. The van der Waals surface area contributed by atoms with Crippen LogP contribution in [0.1, 0.15) is 6.42 Å². The van der Waals surface area contributed by atoms with Crippen molar-refractivity contribution in [3.05, 3.63) is 46.8 Å². The number of hydrogen-bond acceptors (Lipinski definition) is 5. The van der Waals surface area contributed by atoms with Gasteiger partial charge in [0.1, 0.15) is 4.21 Å². The van der Waals surface area contributed by atoms with Crippen LogP contribution in [0.4, 0.5) is 5.69 Å². The van der Waals surface area contributed by atoms with Crippen molar-refractivity contribution in [2.75, 3.05) is 38.1 Å².